The van der Waals surface area contributed by atoms with Gasteiger partial charge in [-0.15, -0.1) is 10.2 Å². The Bertz CT molecular complexity index is 1270. The molecular formula is C21H15FN6O. The molecule has 7 nitrogen and oxygen atoms in total. The van der Waals surface area contributed by atoms with Crippen LogP contribution in [0, 0.1) is 24.1 Å². The molecule has 2 aromatic heterocycles. The maximum Gasteiger partial charge on any atom is 0.171 e. The van der Waals surface area contributed by atoms with Crippen LogP contribution in [0.5, 0.6) is 5.75 Å². The Labute approximate surface area is 165 Å². The van der Waals surface area contributed by atoms with E-state index in [0.717, 1.165) is 22.5 Å². The fourth-order valence-corrected chi connectivity index (χ4v) is 3.50. The van der Waals surface area contributed by atoms with Gasteiger partial charge in [0.1, 0.15) is 30.6 Å². The summed E-state index contributed by atoms with van der Waals surface area (Å²) in [5, 5.41) is 18.2. The van der Waals surface area contributed by atoms with Crippen molar-refractivity contribution in [2.24, 2.45) is 0 Å². The second-order valence-corrected chi connectivity index (χ2v) is 6.81. The van der Waals surface area contributed by atoms with Crippen molar-refractivity contribution in [1.29, 1.82) is 5.26 Å². The van der Waals surface area contributed by atoms with Gasteiger partial charge in [0.15, 0.2) is 17.3 Å². The summed E-state index contributed by atoms with van der Waals surface area (Å²) >= 11 is 0. The summed E-state index contributed by atoms with van der Waals surface area (Å²) in [4.78, 5) is 4.25. The number of ether oxygens (including phenoxy) is 1. The third-order valence-electron chi connectivity index (χ3n) is 4.94. The number of hydrogen-bond donors (Lipinski definition) is 0. The first kappa shape index (κ1) is 17.1. The summed E-state index contributed by atoms with van der Waals surface area (Å²) in [6.07, 6.45) is 1.66. The molecule has 0 N–H and O–H groups in total. The van der Waals surface area contributed by atoms with Gasteiger partial charge in [0.05, 0.1) is 17.9 Å². The molecule has 2 aromatic carbocycles. The predicted octanol–water partition coefficient (Wildman–Crippen LogP) is 3.39. The van der Waals surface area contributed by atoms with Crippen molar-refractivity contribution in [2.45, 2.75) is 20.1 Å². The van der Waals surface area contributed by atoms with Crippen LogP contribution in [0.15, 0.2) is 48.8 Å². The first-order valence-electron chi connectivity index (χ1n) is 9.02. The Kier molecular flexibility index (Phi) is 3.88. The molecule has 0 atom stereocenters. The number of nitriles is 1. The molecule has 29 heavy (non-hydrogen) atoms. The molecule has 0 spiro atoms. The molecular weight excluding hydrogens is 371 g/mol. The van der Waals surface area contributed by atoms with Crippen LogP contribution in [-0.2, 0) is 13.2 Å². The van der Waals surface area contributed by atoms with Crippen LogP contribution in [-0.4, -0.2) is 24.3 Å². The number of rotatable bonds is 3. The van der Waals surface area contributed by atoms with E-state index in [9.17, 15) is 9.65 Å². The highest BCUT2D eigenvalue weighted by Crippen LogP contribution is 2.33. The highest BCUT2D eigenvalue weighted by molar-refractivity contribution is 5.70. The van der Waals surface area contributed by atoms with E-state index < -0.39 is 0 Å². The van der Waals surface area contributed by atoms with Crippen LogP contribution in [0.25, 0.3) is 17.1 Å². The molecule has 142 valence electrons. The Morgan fingerprint density at radius 2 is 2.00 bits per heavy atom. The van der Waals surface area contributed by atoms with Crippen molar-refractivity contribution in [3.63, 3.8) is 0 Å². The van der Waals surface area contributed by atoms with E-state index in [0.29, 0.717) is 29.6 Å². The normalized spacial score (nSPS) is 11.8. The molecule has 0 saturated heterocycles. The summed E-state index contributed by atoms with van der Waals surface area (Å²) in [5.41, 5.74) is 4.03. The number of aromatic nitrogens is 5. The Morgan fingerprint density at radius 1 is 1.17 bits per heavy atom. The van der Waals surface area contributed by atoms with Gasteiger partial charge in [0.2, 0.25) is 0 Å². The summed E-state index contributed by atoms with van der Waals surface area (Å²) in [7, 11) is 0. The Balaban J connectivity index is 1.60. The van der Waals surface area contributed by atoms with Gasteiger partial charge in [0.25, 0.3) is 0 Å². The number of aryl methyl sites for hydroxylation is 1. The second-order valence-electron chi connectivity index (χ2n) is 6.81. The van der Waals surface area contributed by atoms with E-state index in [4.69, 9.17) is 4.74 Å². The van der Waals surface area contributed by atoms with Crippen molar-refractivity contribution in [3.05, 3.63) is 77.4 Å². The van der Waals surface area contributed by atoms with Crippen molar-refractivity contribution in [2.75, 3.05) is 0 Å². The van der Waals surface area contributed by atoms with Crippen molar-refractivity contribution < 1.29 is 9.13 Å². The van der Waals surface area contributed by atoms with Gasteiger partial charge in [0, 0.05) is 5.56 Å². The first-order valence-corrected chi connectivity index (χ1v) is 9.02. The maximum atomic E-state index is 13.1. The van der Waals surface area contributed by atoms with Crippen LogP contribution in [0.3, 0.4) is 0 Å². The quantitative estimate of drug-likeness (QED) is 0.475. The highest BCUT2D eigenvalue weighted by Gasteiger charge is 2.26. The molecule has 8 heteroatoms. The fraction of sp³-hybridized carbons (Fsp3) is 0.143. The molecule has 0 saturated carbocycles. The van der Waals surface area contributed by atoms with E-state index in [-0.39, 0.29) is 12.4 Å². The molecule has 0 fully saturated rings. The number of imidazole rings is 1. The van der Waals surface area contributed by atoms with Gasteiger partial charge in [-0.3, -0.25) is 4.57 Å². The number of hydrogen-bond acceptors (Lipinski definition) is 5. The lowest BCUT2D eigenvalue weighted by Gasteiger charge is -2.09. The monoisotopic (exact) mass is 386 g/mol. The number of halogens is 1. The summed E-state index contributed by atoms with van der Waals surface area (Å²) in [5.74, 6) is 1.53. The molecule has 0 aliphatic carbocycles. The van der Waals surface area contributed by atoms with Crippen LogP contribution in [0.1, 0.15) is 22.8 Å². The zero-order valence-corrected chi connectivity index (χ0v) is 15.5. The van der Waals surface area contributed by atoms with Crippen LogP contribution in [0.4, 0.5) is 4.39 Å². The molecule has 5 rings (SSSR count). The molecule has 0 amide bonds. The first-order chi connectivity index (χ1) is 14.1. The smallest absolute Gasteiger partial charge is 0.171 e. The molecule has 1 aliphatic heterocycles. The summed E-state index contributed by atoms with van der Waals surface area (Å²) in [6, 6.07) is 14.0. The topological polar surface area (TPSA) is 81.6 Å². The van der Waals surface area contributed by atoms with Crippen molar-refractivity contribution >= 4 is 0 Å². The number of nitrogens with zero attached hydrogens (tertiary/aromatic N) is 6. The van der Waals surface area contributed by atoms with E-state index in [1.807, 2.05) is 34.3 Å². The standard InChI is InChI=1S/C21H15FN6O/c1-13-2-7-18-16(8-13)21-26-25-20(11-29-15-5-3-14(22)4-6-15)27(21)10-19-17(9-23)24-12-28(18)19/h2-8,12H,10-11H2,1H3. The lowest BCUT2D eigenvalue weighted by atomic mass is 10.1. The number of benzene rings is 2. The van der Waals surface area contributed by atoms with Gasteiger partial charge in [-0.25, -0.2) is 9.37 Å². The molecule has 3 heterocycles. The third kappa shape index (κ3) is 2.84. The molecule has 4 aromatic rings. The van der Waals surface area contributed by atoms with E-state index in [1.54, 1.807) is 18.5 Å². The van der Waals surface area contributed by atoms with Gasteiger partial charge >= 0.3 is 0 Å². The van der Waals surface area contributed by atoms with Gasteiger partial charge < -0.3 is 9.30 Å². The summed E-state index contributed by atoms with van der Waals surface area (Å²) < 4.78 is 22.7. The molecule has 0 unspecified atom stereocenters. The zero-order chi connectivity index (χ0) is 20.0. The van der Waals surface area contributed by atoms with Crippen molar-refractivity contribution in [1.82, 2.24) is 24.3 Å². The summed E-state index contributed by atoms with van der Waals surface area (Å²) in [6.45, 7) is 2.57. The molecule has 0 radical (unpaired) electrons. The minimum atomic E-state index is -0.321. The van der Waals surface area contributed by atoms with Gasteiger partial charge in [-0.2, -0.15) is 5.26 Å². The molecule has 1 aliphatic rings. The minimum absolute atomic E-state index is 0.163. The Morgan fingerprint density at radius 3 is 2.79 bits per heavy atom. The zero-order valence-electron chi connectivity index (χ0n) is 15.5. The molecule has 0 bridgehead atoms. The SMILES string of the molecule is Cc1ccc2c(c1)-c1nnc(COc3ccc(F)cc3)n1Cc1c(C#N)ncn1-2. The van der Waals surface area contributed by atoms with Gasteiger partial charge in [-0.05, 0) is 43.3 Å². The average Bonchev–Trinajstić information content (AvgIpc) is 3.29. The predicted molar refractivity (Wildman–Crippen MR) is 102 cm³/mol. The highest BCUT2D eigenvalue weighted by atomic mass is 19.1. The van der Waals surface area contributed by atoms with E-state index >= 15 is 0 Å². The van der Waals surface area contributed by atoms with Gasteiger partial charge in [-0.1, -0.05) is 11.6 Å². The van der Waals surface area contributed by atoms with Crippen LogP contribution in [0.2, 0.25) is 0 Å². The van der Waals surface area contributed by atoms with E-state index in [1.165, 1.54) is 12.1 Å². The van der Waals surface area contributed by atoms with E-state index in [2.05, 4.69) is 21.3 Å². The average molecular weight is 386 g/mol. The lowest BCUT2D eigenvalue weighted by Crippen LogP contribution is -2.10. The second kappa shape index (κ2) is 6.56. The Hall–Kier alpha value is -3.99. The fourth-order valence-electron chi connectivity index (χ4n) is 3.50. The largest absolute Gasteiger partial charge is 0.486 e. The third-order valence-corrected chi connectivity index (χ3v) is 4.94. The van der Waals surface area contributed by atoms with Crippen LogP contribution < -0.4 is 4.74 Å². The van der Waals surface area contributed by atoms with Crippen LogP contribution >= 0.6 is 0 Å². The maximum absolute atomic E-state index is 13.1. The minimum Gasteiger partial charge on any atom is -0.486 e. The lowest BCUT2D eigenvalue weighted by molar-refractivity contribution is 0.289. The number of fused-ring (bicyclic) bond motifs is 5. The van der Waals surface area contributed by atoms with Crippen molar-refractivity contribution in [3.8, 4) is 28.9 Å².